The molecule has 0 radical (unpaired) electrons. The number of rotatable bonds is 3. The molecule has 0 atom stereocenters. The van der Waals surface area contributed by atoms with Gasteiger partial charge in [-0.05, 0) is 52.1 Å². The Labute approximate surface area is 136 Å². The minimum Gasteiger partial charge on any atom is -0.166 e. The molecule has 0 saturated carbocycles. The van der Waals surface area contributed by atoms with E-state index in [1.54, 1.807) is 6.08 Å². The van der Waals surface area contributed by atoms with Crippen LogP contribution in [0.1, 0.15) is 11.1 Å². The first-order valence-corrected chi connectivity index (χ1v) is 7.90. The average molecular weight is 330 g/mol. The van der Waals surface area contributed by atoms with E-state index in [1.165, 1.54) is 34.7 Å². The van der Waals surface area contributed by atoms with Gasteiger partial charge in [-0.25, -0.2) is 0 Å². The molecular weight excluding hydrogens is 317 g/mol. The van der Waals surface area contributed by atoms with Crippen LogP contribution in [0.15, 0.2) is 77.0 Å². The maximum absolute atomic E-state index is 12.5. The molecule has 0 amide bonds. The molecule has 0 saturated heterocycles. The van der Waals surface area contributed by atoms with Gasteiger partial charge in [-0.2, -0.15) is 13.2 Å². The van der Waals surface area contributed by atoms with Gasteiger partial charge in [0.25, 0.3) is 0 Å². The lowest BCUT2D eigenvalue weighted by atomic mass is 10.1. The van der Waals surface area contributed by atoms with Crippen LogP contribution < -0.4 is 0 Å². The first-order valence-electron chi connectivity index (χ1n) is 7.02. The fourth-order valence-corrected chi connectivity index (χ4v) is 2.94. The van der Waals surface area contributed by atoms with Crippen LogP contribution in [0.25, 0.3) is 16.8 Å². The van der Waals surface area contributed by atoms with Gasteiger partial charge in [-0.1, -0.05) is 54.2 Å². The van der Waals surface area contributed by atoms with Crippen LogP contribution in [-0.4, -0.2) is 0 Å². The third-order valence-electron chi connectivity index (χ3n) is 3.42. The highest BCUT2D eigenvalue weighted by molar-refractivity contribution is 8.02. The van der Waals surface area contributed by atoms with Crippen molar-refractivity contribution in [3.63, 3.8) is 0 Å². The summed E-state index contributed by atoms with van der Waals surface area (Å²) < 4.78 is 37.5. The third-order valence-corrected chi connectivity index (χ3v) is 4.22. The number of hydrogen-bond acceptors (Lipinski definition) is 1. The molecule has 116 valence electrons. The van der Waals surface area contributed by atoms with Crippen molar-refractivity contribution in [1.82, 2.24) is 0 Å². The van der Waals surface area contributed by atoms with Gasteiger partial charge in [0.15, 0.2) is 0 Å². The average Bonchev–Trinajstić information content (AvgIpc) is 2.54. The van der Waals surface area contributed by atoms with Gasteiger partial charge in [-0.15, -0.1) is 0 Å². The van der Waals surface area contributed by atoms with Crippen LogP contribution >= 0.6 is 11.8 Å². The molecule has 0 aliphatic carbocycles. The highest BCUT2D eigenvalue weighted by atomic mass is 32.2. The van der Waals surface area contributed by atoms with E-state index in [1.807, 2.05) is 23.6 Å². The van der Waals surface area contributed by atoms with Crippen LogP contribution in [0.3, 0.4) is 0 Å². The molecule has 3 rings (SSSR count). The molecule has 0 aliphatic heterocycles. The maximum Gasteiger partial charge on any atom is 0.416 e. The summed E-state index contributed by atoms with van der Waals surface area (Å²) in [7, 11) is 0. The highest BCUT2D eigenvalue weighted by Gasteiger charge is 2.29. The Bertz CT molecular complexity index is 833. The summed E-state index contributed by atoms with van der Waals surface area (Å²) in [5.41, 5.74) is 0.114. The Kier molecular flexibility index (Phi) is 4.44. The van der Waals surface area contributed by atoms with Crippen LogP contribution in [-0.2, 0) is 6.18 Å². The Balaban J connectivity index is 1.70. The molecule has 0 fully saturated rings. The SMILES string of the molecule is FC(F)(F)c1ccc(/C=C/Sc2ccc3ccccc3c2)cc1. The van der Waals surface area contributed by atoms with Crippen molar-refractivity contribution in [3.05, 3.63) is 83.3 Å². The van der Waals surface area contributed by atoms with Crippen molar-refractivity contribution in [2.45, 2.75) is 11.1 Å². The van der Waals surface area contributed by atoms with Crippen LogP contribution in [0.2, 0.25) is 0 Å². The van der Waals surface area contributed by atoms with E-state index in [-0.39, 0.29) is 0 Å². The zero-order chi connectivity index (χ0) is 16.3. The molecule has 0 N–H and O–H groups in total. The van der Waals surface area contributed by atoms with E-state index < -0.39 is 11.7 Å². The van der Waals surface area contributed by atoms with Crippen molar-refractivity contribution >= 4 is 28.6 Å². The fourth-order valence-electron chi connectivity index (χ4n) is 2.22. The molecule has 0 bridgehead atoms. The van der Waals surface area contributed by atoms with Crippen LogP contribution in [0.5, 0.6) is 0 Å². The molecule has 0 aromatic heterocycles. The lowest BCUT2D eigenvalue weighted by Crippen LogP contribution is -2.03. The Hall–Kier alpha value is -2.20. The highest BCUT2D eigenvalue weighted by Crippen LogP contribution is 2.29. The summed E-state index contributed by atoms with van der Waals surface area (Å²) in [5.74, 6) is 0. The predicted octanol–water partition coefficient (Wildman–Crippen LogP) is 6.62. The van der Waals surface area contributed by atoms with E-state index in [4.69, 9.17) is 0 Å². The number of fused-ring (bicyclic) bond motifs is 1. The molecule has 0 aliphatic rings. The monoisotopic (exact) mass is 330 g/mol. The Morgan fingerprint density at radius 1 is 0.783 bits per heavy atom. The second-order valence-electron chi connectivity index (χ2n) is 5.05. The summed E-state index contributed by atoms with van der Waals surface area (Å²) in [6, 6.07) is 19.4. The van der Waals surface area contributed by atoms with Crippen molar-refractivity contribution in [2.75, 3.05) is 0 Å². The molecule has 23 heavy (non-hydrogen) atoms. The van der Waals surface area contributed by atoms with Gasteiger partial charge in [0.05, 0.1) is 5.56 Å². The second kappa shape index (κ2) is 6.50. The fraction of sp³-hybridized carbons (Fsp3) is 0.0526. The zero-order valence-electron chi connectivity index (χ0n) is 12.0. The molecule has 0 nitrogen and oxygen atoms in total. The van der Waals surface area contributed by atoms with Crippen LogP contribution in [0.4, 0.5) is 13.2 Å². The van der Waals surface area contributed by atoms with E-state index in [0.717, 1.165) is 22.6 Å². The first kappa shape index (κ1) is 15.7. The quantitative estimate of drug-likeness (QED) is 0.486. The summed E-state index contributed by atoms with van der Waals surface area (Å²) in [4.78, 5) is 1.09. The summed E-state index contributed by atoms with van der Waals surface area (Å²) in [6.07, 6.45) is -2.48. The largest absolute Gasteiger partial charge is 0.416 e. The molecule has 0 heterocycles. The van der Waals surface area contributed by atoms with Crippen molar-refractivity contribution in [3.8, 4) is 0 Å². The van der Waals surface area contributed by atoms with E-state index in [9.17, 15) is 13.2 Å². The standard InChI is InChI=1S/C19H13F3S/c20-19(21,22)17-8-5-14(6-9-17)11-12-23-18-10-7-15-3-1-2-4-16(15)13-18/h1-13H/b12-11+. The zero-order valence-corrected chi connectivity index (χ0v) is 12.9. The first-order chi connectivity index (χ1) is 11.0. The Morgan fingerprint density at radius 2 is 1.48 bits per heavy atom. The third kappa shape index (κ3) is 3.96. The molecule has 3 aromatic carbocycles. The molecule has 3 aromatic rings. The number of halogens is 3. The molecule has 0 unspecified atom stereocenters. The molecule has 4 heteroatoms. The number of hydrogen-bond donors (Lipinski definition) is 0. The topological polar surface area (TPSA) is 0 Å². The maximum atomic E-state index is 12.5. The normalized spacial score (nSPS) is 12.1. The van der Waals surface area contributed by atoms with E-state index in [2.05, 4.69) is 24.3 Å². The minimum absolute atomic E-state index is 0.628. The summed E-state index contributed by atoms with van der Waals surface area (Å²) in [6.45, 7) is 0. The number of alkyl halides is 3. The minimum atomic E-state index is -4.29. The van der Waals surface area contributed by atoms with Gasteiger partial charge in [0.1, 0.15) is 0 Å². The predicted molar refractivity (Wildman–Crippen MR) is 90.3 cm³/mol. The number of thioether (sulfide) groups is 1. The lowest BCUT2D eigenvalue weighted by Gasteiger charge is -2.05. The van der Waals surface area contributed by atoms with E-state index in [0.29, 0.717) is 0 Å². The van der Waals surface area contributed by atoms with Crippen molar-refractivity contribution in [2.24, 2.45) is 0 Å². The lowest BCUT2D eigenvalue weighted by molar-refractivity contribution is -0.137. The summed E-state index contributed by atoms with van der Waals surface area (Å²) in [5, 5.41) is 4.23. The number of benzene rings is 3. The van der Waals surface area contributed by atoms with Gasteiger partial charge >= 0.3 is 6.18 Å². The molecule has 0 spiro atoms. The van der Waals surface area contributed by atoms with E-state index >= 15 is 0 Å². The summed E-state index contributed by atoms with van der Waals surface area (Å²) >= 11 is 1.54. The van der Waals surface area contributed by atoms with Gasteiger partial charge in [0.2, 0.25) is 0 Å². The van der Waals surface area contributed by atoms with Crippen molar-refractivity contribution in [1.29, 1.82) is 0 Å². The van der Waals surface area contributed by atoms with Gasteiger partial charge < -0.3 is 0 Å². The smallest absolute Gasteiger partial charge is 0.166 e. The molecular formula is C19H13F3S. The second-order valence-corrected chi connectivity index (χ2v) is 6.03. The van der Waals surface area contributed by atoms with Crippen molar-refractivity contribution < 1.29 is 13.2 Å². The van der Waals surface area contributed by atoms with Crippen LogP contribution in [0, 0.1) is 0 Å². The van der Waals surface area contributed by atoms with Gasteiger partial charge in [-0.3, -0.25) is 0 Å². The Morgan fingerprint density at radius 3 is 2.17 bits per heavy atom. The van der Waals surface area contributed by atoms with Gasteiger partial charge in [0, 0.05) is 4.90 Å².